The zero-order chi connectivity index (χ0) is 16.2. The van der Waals surface area contributed by atoms with Crippen LogP contribution >= 0.6 is 12.2 Å². The van der Waals surface area contributed by atoms with E-state index in [1.807, 2.05) is 55.5 Å². The van der Waals surface area contributed by atoms with Crippen molar-refractivity contribution in [3.8, 4) is 17.1 Å². The van der Waals surface area contributed by atoms with E-state index in [2.05, 4.69) is 15.3 Å². The van der Waals surface area contributed by atoms with Crippen LogP contribution in [0.1, 0.15) is 11.1 Å². The van der Waals surface area contributed by atoms with Crippen LogP contribution in [0, 0.1) is 11.7 Å². The number of benzene rings is 2. The summed E-state index contributed by atoms with van der Waals surface area (Å²) in [7, 11) is 1.63. The second kappa shape index (κ2) is 6.58. The molecular weight excluding hydrogens is 308 g/mol. The fraction of sp³-hybridized carbons (Fsp3) is 0.118. The molecule has 3 rings (SSSR count). The third-order valence-electron chi connectivity index (χ3n) is 3.38. The Morgan fingerprint density at radius 2 is 2.00 bits per heavy atom. The molecule has 0 fully saturated rings. The number of methoxy groups -OCH3 is 1. The minimum atomic E-state index is 0.436. The van der Waals surface area contributed by atoms with Gasteiger partial charge in [-0.15, -0.1) is 0 Å². The summed E-state index contributed by atoms with van der Waals surface area (Å²) in [5, 5.41) is 11.5. The summed E-state index contributed by atoms with van der Waals surface area (Å²) in [5.74, 6) is 1.39. The van der Waals surface area contributed by atoms with Gasteiger partial charge in [-0.3, -0.25) is 0 Å². The SMILES string of the molecule is COc1cccc(-c2n[nH]c(=S)n2N=Cc2ccc(C)cc2)c1. The normalized spacial score (nSPS) is 11.0. The summed E-state index contributed by atoms with van der Waals surface area (Å²) < 4.78 is 7.29. The maximum Gasteiger partial charge on any atom is 0.216 e. The first-order valence-electron chi connectivity index (χ1n) is 7.10. The average molecular weight is 324 g/mol. The number of nitrogens with zero attached hydrogens (tertiary/aromatic N) is 3. The molecule has 6 heteroatoms. The zero-order valence-corrected chi connectivity index (χ0v) is 13.7. The Morgan fingerprint density at radius 1 is 1.22 bits per heavy atom. The van der Waals surface area contributed by atoms with E-state index in [0.717, 1.165) is 16.9 Å². The standard InChI is InChI=1S/C17H16N4OS/c1-12-6-8-13(9-7-12)11-18-21-16(19-20-17(21)23)14-4-3-5-15(10-14)22-2/h3-11H,1-2H3,(H,20,23). The molecule has 1 heterocycles. The van der Waals surface area contributed by atoms with E-state index < -0.39 is 0 Å². The molecule has 3 aromatic rings. The van der Waals surface area contributed by atoms with Gasteiger partial charge < -0.3 is 4.74 Å². The predicted octanol–water partition coefficient (Wildman–Crippen LogP) is 3.81. The highest BCUT2D eigenvalue weighted by Gasteiger charge is 2.08. The summed E-state index contributed by atoms with van der Waals surface area (Å²) in [6.45, 7) is 2.05. The highest BCUT2D eigenvalue weighted by atomic mass is 32.1. The lowest BCUT2D eigenvalue weighted by Gasteiger charge is -2.04. The lowest BCUT2D eigenvalue weighted by molar-refractivity contribution is 0.415. The van der Waals surface area contributed by atoms with Gasteiger partial charge in [0.25, 0.3) is 0 Å². The van der Waals surface area contributed by atoms with Gasteiger partial charge in [0.15, 0.2) is 5.82 Å². The van der Waals surface area contributed by atoms with Crippen molar-refractivity contribution in [2.24, 2.45) is 5.10 Å². The van der Waals surface area contributed by atoms with Crippen LogP contribution in [0.2, 0.25) is 0 Å². The molecule has 0 radical (unpaired) electrons. The van der Waals surface area contributed by atoms with E-state index >= 15 is 0 Å². The number of aryl methyl sites for hydroxylation is 1. The Hall–Kier alpha value is -2.73. The number of hydrogen-bond acceptors (Lipinski definition) is 4. The molecule has 23 heavy (non-hydrogen) atoms. The fourth-order valence-electron chi connectivity index (χ4n) is 2.12. The van der Waals surface area contributed by atoms with Crippen LogP contribution < -0.4 is 4.74 Å². The van der Waals surface area contributed by atoms with E-state index in [0.29, 0.717) is 10.6 Å². The minimum absolute atomic E-state index is 0.436. The van der Waals surface area contributed by atoms with Crippen molar-refractivity contribution in [1.82, 2.24) is 14.9 Å². The van der Waals surface area contributed by atoms with Crippen molar-refractivity contribution in [2.75, 3.05) is 7.11 Å². The third kappa shape index (κ3) is 3.37. The number of aromatic amines is 1. The van der Waals surface area contributed by atoms with Gasteiger partial charge in [0.1, 0.15) is 5.75 Å². The smallest absolute Gasteiger partial charge is 0.216 e. The van der Waals surface area contributed by atoms with E-state index in [4.69, 9.17) is 17.0 Å². The van der Waals surface area contributed by atoms with Crippen molar-refractivity contribution >= 4 is 18.4 Å². The van der Waals surface area contributed by atoms with Gasteiger partial charge in [-0.05, 0) is 36.8 Å². The highest BCUT2D eigenvalue weighted by Crippen LogP contribution is 2.22. The largest absolute Gasteiger partial charge is 0.497 e. The molecule has 1 N–H and O–H groups in total. The van der Waals surface area contributed by atoms with Gasteiger partial charge in [0.2, 0.25) is 4.77 Å². The molecule has 0 aliphatic rings. The third-order valence-corrected chi connectivity index (χ3v) is 3.64. The van der Waals surface area contributed by atoms with Crippen LogP contribution in [-0.4, -0.2) is 28.2 Å². The Morgan fingerprint density at radius 3 is 2.74 bits per heavy atom. The van der Waals surface area contributed by atoms with Crippen molar-refractivity contribution in [3.05, 3.63) is 64.4 Å². The average Bonchev–Trinajstić information content (AvgIpc) is 2.95. The highest BCUT2D eigenvalue weighted by molar-refractivity contribution is 7.71. The van der Waals surface area contributed by atoms with Crippen molar-refractivity contribution in [1.29, 1.82) is 0 Å². The summed E-state index contributed by atoms with van der Waals surface area (Å²) >= 11 is 5.27. The van der Waals surface area contributed by atoms with Crippen LogP contribution in [0.25, 0.3) is 11.4 Å². The van der Waals surface area contributed by atoms with E-state index in [-0.39, 0.29) is 0 Å². The molecule has 0 aliphatic carbocycles. The van der Waals surface area contributed by atoms with Crippen LogP contribution in [-0.2, 0) is 0 Å². The lowest BCUT2D eigenvalue weighted by Crippen LogP contribution is -1.95. The van der Waals surface area contributed by atoms with Gasteiger partial charge in [0.05, 0.1) is 13.3 Å². The Kier molecular flexibility index (Phi) is 4.34. The molecule has 116 valence electrons. The Balaban J connectivity index is 1.98. The Labute approximate surface area is 139 Å². The fourth-order valence-corrected chi connectivity index (χ4v) is 2.30. The summed E-state index contributed by atoms with van der Waals surface area (Å²) in [4.78, 5) is 0. The minimum Gasteiger partial charge on any atom is -0.497 e. The Bertz CT molecular complexity index is 893. The first-order valence-corrected chi connectivity index (χ1v) is 7.51. The van der Waals surface area contributed by atoms with Gasteiger partial charge in [-0.2, -0.15) is 14.9 Å². The summed E-state index contributed by atoms with van der Waals surface area (Å²) in [6, 6.07) is 15.7. The predicted molar refractivity (Wildman–Crippen MR) is 93.6 cm³/mol. The molecule has 2 aromatic carbocycles. The quantitative estimate of drug-likeness (QED) is 0.586. The number of aromatic nitrogens is 3. The van der Waals surface area contributed by atoms with E-state index in [1.54, 1.807) is 18.0 Å². The number of H-pyrrole nitrogens is 1. The van der Waals surface area contributed by atoms with Crippen molar-refractivity contribution in [2.45, 2.75) is 6.92 Å². The zero-order valence-electron chi connectivity index (χ0n) is 12.9. The molecule has 0 saturated heterocycles. The first kappa shape index (κ1) is 15.2. The van der Waals surface area contributed by atoms with Gasteiger partial charge >= 0.3 is 0 Å². The maximum absolute atomic E-state index is 5.27. The summed E-state index contributed by atoms with van der Waals surface area (Å²) in [5.41, 5.74) is 3.08. The topological polar surface area (TPSA) is 55.2 Å². The first-order chi connectivity index (χ1) is 11.2. The molecule has 0 spiro atoms. The van der Waals surface area contributed by atoms with Crippen molar-refractivity contribution < 1.29 is 4.74 Å². The molecule has 0 bridgehead atoms. The molecule has 0 saturated carbocycles. The summed E-state index contributed by atoms with van der Waals surface area (Å²) in [6.07, 6.45) is 1.76. The molecule has 5 nitrogen and oxygen atoms in total. The van der Waals surface area contributed by atoms with Gasteiger partial charge in [-0.25, -0.2) is 5.10 Å². The molecule has 0 unspecified atom stereocenters. The lowest BCUT2D eigenvalue weighted by atomic mass is 10.2. The molecule has 0 atom stereocenters. The number of hydrogen-bond donors (Lipinski definition) is 1. The second-order valence-electron chi connectivity index (χ2n) is 5.05. The maximum atomic E-state index is 5.27. The van der Waals surface area contributed by atoms with Crippen molar-refractivity contribution in [3.63, 3.8) is 0 Å². The van der Waals surface area contributed by atoms with E-state index in [1.165, 1.54) is 5.56 Å². The molecule has 0 aliphatic heterocycles. The number of rotatable bonds is 4. The van der Waals surface area contributed by atoms with Crippen LogP contribution in [0.4, 0.5) is 0 Å². The monoisotopic (exact) mass is 324 g/mol. The molecule has 1 aromatic heterocycles. The van der Waals surface area contributed by atoms with Gasteiger partial charge in [0, 0.05) is 5.56 Å². The molecule has 0 amide bonds. The number of nitrogens with one attached hydrogen (secondary N) is 1. The molecular formula is C17H16N4OS. The van der Waals surface area contributed by atoms with Crippen LogP contribution in [0.3, 0.4) is 0 Å². The van der Waals surface area contributed by atoms with Crippen LogP contribution in [0.5, 0.6) is 5.75 Å². The van der Waals surface area contributed by atoms with Gasteiger partial charge in [-0.1, -0.05) is 42.0 Å². The van der Waals surface area contributed by atoms with Crippen LogP contribution in [0.15, 0.2) is 53.6 Å². The second-order valence-corrected chi connectivity index (χ2v) is 5.44. The number of ether oxygens (including phenoxy) is 1. The van der Waals surface area contributed by atoms with E-state index in [9.17, 15) is 0 Å².